The van der Waals surface area contributed by atoms with Gasteiger partial charge in [-0.3, -0.25) is 0 Å². The monoisotopic (exact) mass is 249 g/mol. The minimum atomic E-state index is -0.248. The molecule has 0 spiro atoms. The molecular formula is C11H15N5O2. The number of fused-ring (bicyclic) bond motifs is 1. The highest BCUT2D eigenvalue weighted by Gasteiger charge is 2.53. The number of nitrogens with zero attached hydrogens (tertiary/aromatic N) is 4. The van der Waals surface area contributed by atoms with Gasteiger partial charge in [0.25, 0.3) is 0 Å². The van der Waals surface area contributed by atoms with Gasteiger partial charge in [0.05, 0.1) is 19.1 Å². The number of nitrogens with two attached hydrogens (primary N) is 1. The van der Waals surface area contributed by atoms with Crippen molar-refractivity contribution in [3.8, 4) is 0 Å². The summed E-state index contributed by atoms with van der Waals surface area (Å²) in [6, 6.07) is 0. The Hall–Kier alpha value is -1.73. The van der Waals surface area contributed by atoms with E-state index < -0.39 is 0 Å². The third kappa shape index (κ3) is 1.63. The minimum Gasteiger partial charge on any atom is -0.396 e. The van der Waals surface area contributed by atoms with E-state index in [0.29, 0.717) is 17.7 Å². The standard InChI is InChI=1S/C11H15N5O2/c12-10-13-2-8-9(15-10)16(6-14-8)4-11(5-18)1-7(11)3-17/h2,6-7,17-18H,1,3-5H2,(H2,12,13,15)/t7-,11-/m1/s1. The van der Waals surface area contributed by atoms with Gasteiger partial charge in [-0.25, -0.2) is 9.97 Å². The number of aliphatic hydroxyl groups excluding tert-OH is 2. The minimum absolute atomic E-state index is 0.0540. The molecule has 0 bridgehead atoms. The second kappa shape index (κ2) is 3.89. The second-order valence-corrected chi connectivity index (χ2v) is 4.91. The van der Waals surface area contributed by atoms with E-state index in [9.17, 15) is 10.2 Å². The number of aromatic nitrogens is 4. The summed E-state index contributed by atoms with van der Waals surface area (Å²) in [5.74, 6) is 0.357. The van der Waals surface area contributed by atoms with Crippen molar-refractivity contribution in [1.29, 1.82) is 0 Å². The molecule has 2 aromatic rings. The molecule has 2 atom stereocenters. The SMILES string of the molecule is Nc1ncc2ncn(C[C@@]3(CO)C[C@@H]3CO)c2n1. The van der Waals surface area contributed by atoms with Gasteiger partial charge in [-0.2, -0.15) is 4.98 Å². The normalized spacial score (nSPS) is 26.7. The van der Waals surface area contributed by atoms with Crippen molar-refractivity contribution in [2.75, 3.05) is 18.9 Å². The molecule has 4 N–H and O–H groups in total. The Labute approximate surface area is 103 Å². The molecule has 1 aliphatic rings. The van der Waals surface area contributed by atoms with E-state index in [1.807, 2.05) is 4.57 Å². The van der Waals surface area contributed by atoms with Gasteiger partial charge in [-0.15, -0.1) is 0 Å². The van der Waals surface area contributed by atoms with E-state index in [-0.39, 0.29) is 30.5 Å². The number of anilines is 1. The third-order valence-corrected chi connectivity index (χ3v) is 3.76. The molecule has 1 saturated carbocycles. The fourth-order valence-corrected chi connectivity index (χ4v) is 2.45. The first-order chi connectivity index (χ1) is 8.68. The molecule has 1 aliphatic carbocycles. The van der Waals surface area contributed by atoms with Crippen LogP contribution in [0.1, 0.15) is 6.42 Å². The molecule has 3 rings (SSSR count). The smallest absolute Gasteiger partial charge is 0.222 e. The molecule has 96 valence electrons. The van der Waals surface area contributed by atoms with Crippen LogP contribution in [0.2, 0.25) is 0 Å². The summed E-state index contributed by atoms with van der Waals surface area (Å²) in [4.78, 5) is 12.2. The van der Waals surface area contributed by atoms with Crippen LogP contribution in [0.3, 0.4) is 0 Å². The molecule has 0 aliphatic heterocycles. The molecular weight excluding hydrogens is 234 g/mol. The number of rotatable bonds is 4. The van der Waals surface area contributed by atoms with Crippen molar-refractivity contribution in [1.82, 2.24) is 19.5 Å². The van der Waals surface area contributed by atoms with Crippen LogP contribution in [-0.2, 0) is 6.54 Å². The molecule has 1 fully saturated rings. The first kappa shape index (κ1) is 11.4. The van der Waals surface area contributed by atoms with Crippen LogP contribution in [0.25, 0.3) is 11.2 Å². The highest BCUT2D eigenvalue weighted by atomic mass is 16.3. The molecule has 7 heteroatoms. The van der Waals surface area contributed by atoms with Crippen LogP contribution in [0, 0.1) is 11.3 Å². The Bertz CT molecular complexity index is 584. The Morgan fingerprint density at radius 1 is 1.44 bits per heavy atom. The quantitative estimate of drug-likeness (QED) is 0.667. The molecule has 7 nitrogen and oxygen atoms in total. The predicted molar refractivity (Wildman–Crippen MR) is 64.4 cm³/mol. The summed E-state index contributed by atoms with van der Waals surface area (Å²) < 4.78 is 1.86. The number of imidazole rings is 1. The third-order valence-electron chi connectivity index (χ3n) is 3.76. The highest BCUT2D eigenvalue weighted by molar-refractivity contribution is 5.70. The zero-order valence-electron chi connectivity index (χ0n) is 9.82. The van der Waals surface area contributed by atoms with E-state index >= 15 is 0 Å². The van der Waals surface area contributed by atoms with Crippen LogP contribution in [0.5, 0.6) is 0 Å². The molecule has 2 heterocycles. The van der Waals surface area contributed by atoms with Crippen molar-refractivity contribution in [3.63, 3.8) is 0 Å². The molecule has 18 heavy (non-hydrogen) atoms. The summed E-state index contributed by atoms with van der Waals surface area (Å²) in [6.45, 7) is 0.741. The predicted octanol–water partition coefficient (Wildman–Crippen LogP) is -0.601. The summed E-state index contributed by atoms with van der Waals surface area (Å²) in [5, 5.41) is 18.7. The number of hydrogen-bond acceptors (Lipinski definition) is 6. The molecule has 0 radical (unpaired) electrons. The maximum atomic E-state index is 9.48. The van der Waals surface area contributed by atoms with Gasteiger partial charge >= 0.3 is 0 Å². The van der Waals surface area contributed by atoms with E-state index in [2.05, 4.69) is 15.0 Å². The average Bonchev–Trinajstić information content (AvgIpc) is 2.96. The van der Waals surface area contributed by atoms with Crippen LogP contribution in [0.4, 0.5) is 5.95 Å². The molecule has 0 amide bonds. The summed E-state index contributed by atoms with van der Waals surface area (Å²) >= 11 is 0. The fraction of sp³-hybridized carbons (Fsp3) is 0.545. The van der Waals surface area contributed by atoms with Gasteiger partial charge in [0, 0.05) is 18.6 Å². The van der Waals surface area contributed by atoms with E-state index in [4.69, 9.17) is 5.73 Å². The maximum absolute atomic E-state index is 9.48. The molecule has 0 saturated heterocycles. The fourth-order valence-electron chi connectivity index (χ4n) is 2.45. The van der Waals surface area contributed by atoms with Gasteiger partial charge in [0.1, 0.15) is 5.52 Å². The largest absolute Gasteiger partial charge is 0.396 e. The van der Waals surface area contributed by atoms with Crippen LogP contribution < -0.4 is 5.73 Å². The first-order valence-electron chi connectivity index (χ1n) is 5.83. The summed E-state index contributed by atoms with van der Waals surface area (Å²) in [7, 11) is 0. The zero-order chi connectivity index (χ0) is 12.8. The molecule has 0 aromatic carbocycles. The molecule has 0 unspecified atom stereocenters. The Balaban J connectivity index is 1.93. The van der Waals surface area contributed by atoms with Gasteiger partial charge in [-0.05, 0) is 12.3 Å². The first-order valence-corrected chi connectivity index (χ1v) is 5.83. The number of nitrogen functional groups attached to an aromatic ring is 1. The summed E-state index contributed by atoms with van der Waals surface area (Å²) in [6.07, 6.45) is 4.07. The van der Waals surface area contributed by atoms with Crippen LogP contribution in [0.15, 0.2) is 12.5 Å². The van der Waals surface area contributed by atoms with Gasteiger partial charge < -0.3 is 20.5 Å². The second-order valence-electron chi connectivity index (χ2n) is 4.91. The topological polar surface area (TPSA) is 110 Å². The van der Waals surface area contributed by atoms with Crippen molar-refractivity contribution in [2.45, 2.75) is 13.0 Å². The maximum Gasteiger partial charge on any atom is 0.222 e. The van der Waals surface area contributed by atoms with Crippen molar-refractivity contribution in [3.05, 3.63) is 12.5 Å². The van der Waals surface area contributed by atoms with Crippen molar-refractivity contribution < 1.29 is 10.2 Å². The van der Waals surface area contributed by atoms with Crippen LogP contribution >= 0.6 is 0 Å². The Morgan fingerprint density at radius 2 is 2.28 bits per heavy atom. The highest BCUT2D eigenvalue weighted by Crippen LogP contribution is 2.53. The van der Waals surface area contributed by atoms with E-state index in [1.54, 1.807) is 12.5 Å². The number of aliphatic hydroxyl groups is 2. The lowest BCUT2D eigenvalue weighted by Crippen LogP contribution is -2.19. The van der Waals surface area contributed by atoms with E-state index in [0.717, 1.165) is 6.42 Å². The van der Waals surface area contributed by atoms with Crippen molar-refractivity contribution in [2.24, 2.45) is 11.3 Å². The lowest BCUT2D eigenvalue weighted by atomic mass is 10.1. The number of hydrogen-bond donors (Lipinski definition) is 3. The van der Waals surface area contributed by atoms with Gasteiger partial charge in [-0.1, -0.05) is 0 Å². The van der Waals surface area contributed by atoms with Gasteiger partial charge in [0.2, 0.25) is 5.95 Å². The Kier molecular flexibility index (Phi) is 2.46. The molecule has 2 aromatic heterocycles. The van der Waals surface area contributed by atoms with Crippen molar-refractivity contribution >= 4 is 17.1 Å². The lowest BCUT2D eigenvalue weighted by molar-refractivity contribution is 0.159. The lowest BCUT2D eigenvalue weighted by Gasteiger charge is -2.14. The Morgan fingerprint density at radius 3 is 2.94 bits per heavy atom. The van der Waals surface area contributed by atoms with E-state index in [1.165, 1.54) is 0 Å². The van der Waals surface area contributed by atoms with Gasteiger partial charge in [0.15, 0.2) is 5.65 Å². The average molecular weight is 249 g/mol. The van der Waals surface area contributed by atoms with Crippen LogP contribution in [-0.4, -0.2) is 42.9 Å². The zero-order valence-corrected chi connectivity index (χ0v) is 9.82. The summed E-state index contributed by atoms with van der Waals surface area (Å²) in [5.41, 5.74) is 6.66.